The van der Waals surface area contributed by atoms with Crippen LogP contribution in [0.1, 0.15) is 57.9 Å². The molecular weight excluding hydrogens is 583 g/mol. The highest BCUT2D eigenvalue weighted by Gasteiger charge is 2.34. The smallest absolute Gasteiger partial charge is 0.433 e. The van der Waals surface area contributed by atoms with Crippen molar-refractivity contribution in [3.8, 4) is 35.1 Å². The number of alkyl carbamates (subject to hydrolysis) is 1. The fraction of sp³-hybridized carbons (Fsp3) is 0.229. The molecule has 1 aliphatic rings. The van der Waals surface area contributed by atoms with Gasteiger partial charge in [-0.15, -0.1) is 12.3 Å². The van der Waals surface area contributed by atoms with E-state index in [2.05, 4.69) is 21.5 Å². The van der Waals surface area contributed by atoms with Gasteiger partial charge in [0, 0.05) is 37.1 Å². The molecule has 0 spiro atoms. The van der Waals surface area contributed by atoms with Crippen LogP contribution in [0.15, 0.2) is 84.9 Å². The number of halogens is 3. The molecule has 1 aliphatic carbocycles. The fourth-order valence-electron chi connectivity index (χ4n) is 5.16. The average Bonchev–Trinajstić information content (AvgIpc) is 3.35. The molecule has 3 aromatic carbocycles. The Morgan fingerprint density at radius 2 is 1.60 bits per heavy atom. The molecule has 0 atom stereocenters. The van der Waals surface area contributed by atoms with E-state index in [1.807, 2.05) is 48.5 Å². The highest BCUT2D eigenvalue weighted by Crippen LogP contribution is 2.44. The number of unbranched alkanes of at least 4 members (excludes halogenated alkanes) is 2. The number of aromatic nitrogens is 1. The van der Waals surface area contributed by atoms with Crippen LogP contribution in [0, 0.1) is 12.3 Å². The second-order valence-corrected chi connectivity index (χ2v) is 10.4. The molecular formula is C35H30F3N3O4. The van der Waals surface area contributed by atoms with E-state index < -0.39 is 18.0 Å². The Balaban J connectivity index is 1.23. The van der Waals surface area contributed by atoms with E-state index >= 15 is 0 Å². The molecule has 1 aromatic heterocycles. The number of nitrogens with one attached hydrogen (secondary N) is 2. The Kier molecular flexibility index (Phi) is 9.68. The number of carbonyl (C=O) groups excluding carboxylic acids is 2. The molecule has 230 valence electrons. The molecule has 7 nitrogen and oxygen atoms in total. The number of hydrogen-bond acceptors (Lipinski definition) is 5. The van der Waals surface area contributed by atoms with E-state index in [4.69, 9.17) is 15.9 Å². The van der Waals surface area contributed by atoms with Crippen molar-refractivity contribution in [2.24, 2.45) is 0 Å². The zero-order valence-corrected chi connectivity index (χ0v) is 24.2. The van der Waals surface area contributed by atoms with E-state index in [9.17, 15) is 22.8 Å². The van der Waals surface area contributed by atoms with Gasteiger partial charge in [0.25, 0.3) is 5.91 Å². The molecule has 0 saturated heterocycles. The summed E-state index contributed by atoms with van der Waals surface area (Å²) in [5.74, 6) is 1.80. The topological polar surface area (TPSA) is 89.6 Å². The van der Waals surface area contributed by atoms with Gasteiger partial charge in [-0.05, 0) is 64.9 Å². The van der Waals surface area contributed by atoms with E-state index in [1.54, 1.807) is 12.1 Å². The van der Waals surface area contributed by atoms with Gasteiger partial charge in [0.2, 0.25) is 5.88 Å². The standard InChI is InChI=1S/C35H30F3N3O4/c1-2-3-4-9-17-39-33(42)24-11-10-12-25(20-24)45-32-19-23(18-31(41-32)35(36,37)38)21-40-34(43)44-22-30-28-15-7-5-13-26(28)27-14-6-8-16-29(27)30/h1,5-8,10-16,18-20,30H,3-4,9,17,21-22H2,(H,39,42)(H,40,43). The molecule has 2 amide bonds. The number of fused-ring (bicyclic) bond motifs is 3. The van der Waals surface area contributed by atoms with Crippen molar-refractivity contribution in [2.75, 3.05) is 13.2 Å². The van der Waals surface area contributed by atoms with Gasteiger partial charge in [-0.3, -0.25) is 4.79 Å². The first-order valence-electron chi connectivity index (χ1n) is 14.4. The summed E-state index contributed by atoms with van der Waals surface area (Å²) < 4.78 is 52.2. The Bertz CT molecular complexity index is 1690. The summed E-state index contributed by atoms with van der Waals surface area (Å²) in [6.45, 7) is 0.231. The highest BCUT2D eigenvalue weighted by atomic mass is 19.4. The van der Waals surface area contributed by atoms with Gasteiger partial charge < -0.3 is 20.1 Å². The molecule has 2 N–H and O–H groups in total. The predicted octanol–water partition coefficient (Wildman–Crippen LogP) is 7.46. The molecule has 10 heteroatoms. The van der Waals surface area contributed by atoms with Crippen LogP contribution in [-0.4, -0.2) is 30.1 Å². The van der Waals surface area contributed by atoms with Crippen molar-refractivity contribution < 1.29 is 32.2 Å². The number of ether oxygens (including phenoxy) is 2. The van der Waals surface area contributed by atoms with Crippen molar-refractivity contribution >= 4 is 12.0 Å². The van der Waals surface area contributed by atoms with Gasteiger partial charge in [0.15, 0.2) is 0 Å². The largest absolute Gasteiger partial charge is 0.449 e. The van der Waals surface area contributed by atoms with E-state index in [0.29, 0.717) is 19.4 Å². The maximum absolute atomic E-state index is 13.7. The number of rotatable bonds is 11. The Labute approximate surface area is 258 Å². The summed E-state index contributed by atoms with van der Waals surface area (Å²) in [4.78, 5) is 28.7. The van der Waals surface area contributed by atoms with E-state index in [1.165, 1.54) is 18.2 Å². The van der Waals surface area contributed by atoms with Crippen molar-refractivity contribution in [1.29, 1.82) is 0 Å². The molecule has 0 saturated carbocycles. The number of nitrogens with zero attached hydrogens (tertiary/aromatic N) is 1. The summed E-state index contributed by atoms with van der Waals surface area (Å²) in [5, 5.41) is 5.29. The van der Waals surface area contributed by atoms with Crippen LogP contribution in [-0.2, 0) is 17.5 Å². The number of alkyl halides is 3. The number of pyridine rings is 1. The third-order valence-corrected chi connectivity index (χ3v) is 7.28. The molecule has 4 aromatic rings. The molecule has 1 heterocycles. The van der Waals surface area contributed by atoms with Crippen LogP contribution in [0.3, 0.4) is 0 Å². The summed E-state index contributed by atoms with van der Waals surface area (Å²) in [6, 6.07) is 23.9. The first-order valence-corrected chi connectivity index (χ1v) is 14.4. The summed E-state index contributed by atoms with van der Waals surface area (Å²) in [7, 11) is 0. The molecule has 45 heavy (non-hydrogen) atoms. The van der Waals surface area contributed by atoms with Crippen LogP contribution in [0.25, 0.3) is 11.1 Å². The van der Waals surface area contributed by atoms with Crippen molar-refractivity contribution in [1.82, 2.24) is 15.6 Å². The summed E-state index contributed by atoms with van der Waals surface area (Å²) in [5.41, 5.74) is 3.42. The maximum atomic E-state index is 13.7. The van der Waals surface area contributed by atoms with Crippen LogP contribution in [0.2, 0.25) is 0 Å². The van der Waals surface area contributed by atoms with Gasteiger partial charge in [-0.1, -0.05) is 54.6 Å². The molecule has 0 radical (unpaired) electrons. The van der Waals surface area contributed by atoms with Crippen LogP contribution in [0.5, 0.6) is 11.6 Å². The predicted molar refractivity (Wildman–Crippen MR) is 163 cm³/mol. The Hall–Kier alpha value is -5.30. The van der Waals surface area contributed by atoms with Crippen LogP contribution >= 0.6 is 0 Å². The van der Waals surface area contributed by atoms with Gasteiger partial charge in [0.1, 0.15) is 18.1 Å². The minimum absolute atomic E-state index is 0.0627. The van der Waals surface area contributed by atoms with Crippen LogP contribution in [0.4, 0.5) is 18.0 Å². The molecule has 5 rings (SSSR count). The number of benzene rings is 3. The van der Waals surface area contributed by atoms with Crippen molar-refractivity contribution in [3.63, 3.8) is 0 Å². The first-order chi connectivity index (χ1) is 21.7. The lowest BCUT2D eigenvalue weighted by Crippen LogP contribution is -2.26. The lowest BCUT2D eigenvalue weighted by atomic mass is 9.98. The minimum Gasteiger partial charge on any atom is -0.449 e. The minimum atomic E-state index is -4.76. The first kappa shape index (κ1) is 31.1. The number of carbonyl (C=O) groups is 2. The lowest BCUT2D eigenvalue weighted by Gasteiger charge is -2.15. The van der Waals surface area contributed by atoms with Gasteiger partial charge in [-0.25, -0.2) is 9.78 Å². The number of amides is 2. The summed E-state index contributed by atoms with van der Waals surface area (Å²) >= 11 is 0. The monoisotopic (exact) mass is 613 g/mol. The highest BCUT2D eigenvalue weighted by molar-refractivity contribution is 5.94. The Morgan fingerprint density at radius 3 is 2.29 bits per heavy atom. The van der Waals surface area contributed by atoms with Crippen LogP contribution < -0.4 is 15.4 Å². The number of hydrogen-bond donors (Lipinski definition) is 2. The normalized spacial score (nSPS) is 12.0. The maximum Gasteiger partial charge on any atom is 0.433 e. The quantitative estimate of drug-likeness (QED) is 0.135. The summed E-state index contributed by atoms with van der Waals surface area (Å²) in [6.07, 6.45) is 1.80. The third-order valence-electron chi connectivity index (χ3n) is 7.28. The van der Waals surface area contributed by atoms with Gasteiger partial charge >= 0.3 is 12.3 Å². The van der Waals surface area contributed by atoms with Crippen molar-refractivity contribution in [2.45, 2.75) is 37.9 Å². The second-order valence-electron chi connectivity index (χ2n) is 10.4. The van der Waals surface area contributed by atoms with Gasteiger partial charge in [0.05, 0.1) is 0 Å². The molecule has 0 aliphatic heterocycles. The zero-order chi connectivity index (χ0) is 31.8. The fourth-order valence-corrected chi connectivity index (χ4v) is 5.16. The molecule has 0 fully saturated rings. The second kappa shape index (κ2) is 14.0. The van der Waals surface area contributed by atoms with Gasteiger partial charge in [-0.2, -0.15) is 13.2 Å². The van der Waals surface area contributed by atoms with E-state index in [-0.39, 0.29) is 47.7 Å². The lowest BCUT2D eigenvalue weighted by molar-refractivity contribution is -0.141. The zero-order valence-electron chi connectivity index (χ0n) is 24.2. The molecule has 0 bridgehead atoms. The van der Waals surface area contributed by atoms with E-state index in [0.717, 1.165) is 34.7 Å². The van der Waals surface area contributed by atoms with Crippen molar-refractivity contribution in [3.05, 3.63) is 113 Å². The molecule has 0 unspecified atom stereocenters. The third kappa shape index (κ3) is 7.81. The Morgan fingerprint density at radius 1 is 0.889 bits per heavy atom. The number of terminal acetylenes is 1. The SMILES string of the molecule is C#CCCCCNC(=O)c1cccc(Oc2cc(CNC(=O)OCC3c4ccccc4-c4ccccc43)cc(C(F)(F)F)n2)c1. The average molecular weight is 614 g/mol.